The molecule has 0 spiro atoms. The van der Waals surface area contributed by atoms with Gasteiger partial charge in [-0.25, -0.2) is 4.79 Å². The quantitative estimate of drug-likeness (QED) is 0.817. The van der Waals surface area contributed by atoms with Gasteiger partial charge in [-0.3, -0.25) is 4.90 Å². The van der Waals surface area contributed by atoms with Crippen LogP contribution in [-0.2, 0) is 12.7 Å². The molecule has 3 fully saturated rings. The van der Waals surface area contributed by atoms with Crippen molar-refractivity contribution in [3.8, 4) is 0 Å². The van der Waals surface area contributed by atoms with Crippen LogP contribution in [0.2, 0.25) is 0 Å². The van der Waals surface area contributed by atoms with Crippen molar-refractivity contribution in [3.05, 3.63) is 35.4 Å². The van der Waals surface area contributed by atoms with E-state index in [1.807, 2.05) is 9.80 Å². The number of alkyl halides is 3. The van der Waals surface area contributed by atoms with E-state index in [-0.39, 0.29) is 12.1 Å². The van der Waals surface area contributed by atoms with Crippen LogP contribution in [0.4, 0.5) is 18.0 Å². The molecule has 1 aromatic rings. The van der Waals surface area contributed by atoms with Gasteiger partial charge < -0.3 is 9.80 Å². The average Bonchev–Trinajstić information content (AvgIpc) is 3.19. The molecule has 26 heavy (non-hydrogen) atoms. The Morgan fingerprint density at radius 2 is 1.69 bits per heavy atom. The molecule has 0 saturated carbocycles. The summed E-state index contributed by atoms with van der Waals surface area (Å²) in [5, 5.41) is 0. The number of hydrogen-bond donors (Lipinski definition) is 0. The lowest BCUT2D eigenvalue weighted by Crippen LogP contribution is -2.46. The average molecular weight is 367 g/mol. The Bertz CT molecular complexity index is 670. The molecule has 3 aliphatic heterocycles. The number of rotatable bonds is 3. The molecular formula is C19H24F3N3O. The molecule has 142 valence electrons. The van der Waals surface area contributed by atoms with Crippen molar-refractivity contribution in [2.45, 2.75) is 50.5 Å². The van der Waals surface area contributed by atoms with Gasteiger partial charge in [0.15, 0.2) is 0 Å². The summed E-state index contributed by atoms with van der Waals surface area (Å²) in [5.74, 6) is 0. The predicted octanol–water partition coefficient (Wildman–Crippen LogP) is 3.57. The Morgan fingerprint density at radius 3 is 2.38 bits per heavy atom. The summed E-state index contributed by atoms with van der Waals surface area (Å²) in [6.45, 7) is 3.45. The van der Waals surface area contributed by atoms with E-state index in [9.17, 15) is 18.0 Å². The van der Waals surface area contributed by atoms with Crippen molar-refractivity contribution in [1.29, 1.82) is 0 Å². The fourth-order valence-electron chi connectivity index (χ4n) is 4.62. The van der Waals surface area contributed by atoms with Crippen molar-refractivity contribution < 1.29 is 18.0 Å². The zero-order valence-corrected chi connectivity index (χ0v) is 14.7. The second-order valence-corrected chi connectivity index (χ2v) is 7.59. The fraction of sp³-hybridized carbons (Fsp3) is 0.632. The number of benzene rings is 1. The lowest BCUT2D eigenvalue weighted by Gasteiger charge is -2.37. The van der Waals surface area contributed by atoms with Crippen LogP contribution in [0.15, 0.2) is 24.3 Å². The third-order valence-corrected chi connectivity index (χ3v) is 5.99. The minimum Gasteiger partial charge on any atom is -0.320 e. The van der Waals surface area contributed by atoms with Gasteiger partial charge in [0.05, 0.1) is 11.6 Å². The van der Waals surface area contributed by atoms with Gasteiger partial charge >= 0.3 is 12.2 Å². The maximum absolute atomic E-state index is 13.2. The van der Waals surface area contributed by atoms with E-state index in [1.165, 1.54) is 6.07 Å². The maximum Gasteiger partial charge on any atom is 0.416 e. The second-order valence-electron chi connectivity index (χ2n) is 7.59. The highest BCUT2D eigenvalue weighted by molar-refractivity contribution is 5.78. The largest absolute Gasteiger partial charge is 0.416 e. The van der Waals surface area contributed by atoms with Crippen LogP contribution in [-0.4, -0.2) is 59.0 Å². The van der Waals surface area contributed by atoms with Crippen LogP contribution in [0.3, 0.4) is 0 Å². The number of carbonyl (C=O) groups is 1. The number of piperidine rings is 1. The van der Waals surface area contributed by atoms with Gasteiger partial charge in [-0.2, -0.15) is 13.2 Å². The van der Waals surface area contributed by atoms with E-state index in [4.69, 9.17) is 0 Å². The van der Waals surface area contributed by atoms with Crippen molar-refractivity contribution >= 4 is 6.03 Å². The number of likely N-dealkylation sites (tertiary alicyclic amines) is 1. The summed E-state index contributed by atoms with van der Waals surface area (Å²) >= 11 is 0. The molecule has 3 heterocycles. The van der Waals surface area contributed by atoms with Crippen LogP contribution >= 0.6 is 0 Å². The molecule has 0 aromatic heterocycles. The highest BCUT2D eigenvalue weighted by Crippen LogP contribution is 2.34. The summed E-state index contributed by atoms with van der Waals surface area (Å²) in [6.07, 6.45) is -0.458. The summed E-state index contributed by atoms with van der Waals surface area (Å²) in [5.41, 5.74) is -0.214. The number of hydrogen-bond acceptors (Lipinski definition) is 2. The zero-order valence-electron chi connectivity index (χ0n) is 14.7. The Balaban J connectivity index is 1.36. The van der Waals surface area contributed by atoms with Crippen molar-refractivity contribution in [3.63, 3.8) is 0 Å². The van der Waals surface area contributed by atoms with E-state index in [1.54, 1.807) is 12.1 Å². The first-order chi connectivity index (χ1) is 12.4. The van der Waals surface area contributed by atoms with E-state index >= 15 is 0 Å². The molecule has 2 amide bonds. The Hall–Kier alpha value is -1.76. The normalized spacial score (nSPS) is 25.2. The van der Waals surface area contributed by atoms with Crippen molar-refractivity contribution in [2.75, 3.05) is 26.2 Å². The molecule has 0 radical (unpaired) electrons. The van der Waals surface area contributed by atoms with Crippen LogP contribution in [0.5, 0.6) is 0 Å². The second kappa shape index (κ2) is 6.76. The first-order valence-corrected chi connectivity index (χ1v) is 9.38. The molecule has 7 heteroatoms. The first kappa shape index (κ1) is 17.6. The van der Waals surface area contributed by atoms with Gasteiger partial charge in [0.25, 0.3) is 0 Å². The van der Waals surface area contributed by atoms with Crippen LogP contribution in [0.1, 0.15) is 36.8 Å². The SMILES string of the molecule is O=C1N2CCCC2CN1C1CCN(Cc2ccccc2C(F)(F)F)CC1. The Morgan fingerprint density at radius 1 is 0.962 bits per heavy atom. The lowest BCUT2D eigenvalue weighted by atomic mass is 10.0. The predicted molar refractivity (Wildman–Crippen MR) is 91.6 cm³/mol. The topological polar surface area (TPSA) is 26.8 Å². The minimum absolute atomic E-state index is 0.161. The monoisotopic (exact) mass is 367 g/mol. The van der Waals surface area contributed by atoms with E-state index in [0.29, 0.717) is 18.2 Å². The van der Waals surface area contributed by atoms with Gasteiger partial charge in [0, 0.05) is 38.8 Å². The number of halogens is 3. The number of fused-ring (bicyclic) bond motifs is 1. The Kier molecular flexibility index (Phi) is 4.59. The Labute approximate surface area is 151 Å². The van der Waals surface area contributed by atoms with Crippen LogP contribution in [0, 0.1) is 0 Å². The molecule has 4 nitrogen and oxygen atoms in total. The van der Waals surface area contributed by atoms with Crippen molar-refractivity contribution in [2.24, 2.45) is 0 Å². The van der Waals surface area contributed by atoms with Crippen LogP contribution in [0.25, 0.3) is 0 Å². The third kappa shape index (κ3) is 3.29. The molecule has 0 aliphatic carbocycles. The van der Waals surface area contributed by atoms with E-state index in [2.05, 4.69) is 4.90 Å². The third-order valence-electron chi connectivity index (χ3n) is 5.99. The summed E-state index contributed by atoms with van der Waals surface area (Å²) in [4.78, 5) is 18.6. The molecule has 3 saturated heterocycles. The minimum atomic E-state index is -4.32. The summed E-state index contributed by atoms with van der Waals surface area (Å²) in [6, 6.07) is 6.57. The molecule has 1 aromatic carbocycles. The number of carbonyl (C=O) groups excluding carboxylic acids is 1. The first-order valence-electron chi connectivity index (χ1n) is 9.38. The molecule has 0 bridgehead atoms. The molecule has 3 aliphatic rings. The standard InChI is InChI=1S/C19H24F3N3O/c20-19(21,22)17-6-2-1-4-14(17)12-23-10-7-15(8-11-23)25-13-16-5-3-9-24(16)18(25)26/h1-2,4,6,15-16H,3,5,7-13H2. The fourth-order valence-corrected chi connectivity index (χ4v) is 4.62. The van der Waals surface area contributed by atoms with Gasteiger partial charge in [0.1, 0.15) is 0 Å². The molecule has 4 rings (SSSR count). The van der Waals surface area contributed by atoms with Gasteiger partial charge in [-0.15, -0.1) is 0 Å². The highest BCUT2D eigenvalue weighted by atomic mass is 19.4. The summed E-state index contributed by atoms with van der Waals surface area (Å²) in [7, 11) is 0. The summed E-state index contributed by atoms with van der Waals surface area (Å²) < 4.78 is 39.5. The van der Waals surface area contributed by atoms with Crippen LogP contribution < -0.4 is 0 Å². The highest BCUT2D eigenvalue weighted by Gasteiger charge is 2.43. The number of amides is 2. The van der Waals surface area contributed by atoms with E-state index in [0.717, 1.165) is 57.9 Å². The maximum atomic E-state index is 13.2. The molecule has 0 N–H and O–H groups in total. The van der Waals surface area contributed by atoms with Crippen molar-refractivity contribution in [1.82, 2.24) is 14.7 Å². The number of urea groups is 1. The number of nitrogens with zero attached hydrogens (tertiary/aromatic N) is 3. The molecule has 1 unspecified atom stereocenters. The molecule has 1 atom stereocenters. The lowest BCUT2D eigenvalue weighted by molar-refractivity contribution is -0.138. The smallest absolute Gasteiger partial charge is 0.320 e. The zero-order chi connectivity index (χ0) is 18.3. The van der Waals surface area contributed by atoms with Gasteiger partial charge in [-0.05, 0) is 37.3 Å². The van der Waals surface area contributed by atoms with Gasteiger partial charge in [0.2, 0.25) is 0 Å². The molecular weight excluding hydrogens is 343 g/mol. The van der Waals surface area contributed by atoms with E-state index < -0.39 is 11.7 Å². The van der Waals surface area contributed by atoms with Gasteiger partial charge in [-0.1, -0.05) is 18.2 Å².